The van der Waals surface area contributed by atoms with E-state index in [9.17, 15) is 4.39 Å². The summed E-state index contributed by atoms with van der Waals surface area (Å²) in [5, 5.41) is 0.425. The summed E-state index contributed by atoms with van der Waals surface area (Å²) in [5.41, 5.74) is 6.95. The van der Waals surface area contributed by atoms with Crippen molar-refractivity contribution in [2.45, 2.75) is 39.7 Å². The number of nitrogens with two attached hydrogens (primary N) is 1. The van der Waals surface area contributed by atoms with Crippen LogP contribution in [0.5, 0.6) is 0 Å². The molecule has 0 spiro atoms. The van der Waals surface area contributed by atoms with Gasteiger partial charge in [-0.3, -0.25) is 0 Å². The molecule has 17 heavy (non-hydrogen) atoms. The van der Waals surface area contributed by atoms with E-state index >= 15 is 0 Å². The lowest BCUT2D eigenvalue weighted by molar-refractivity contribution is 0.387. The van der Waals surface area contributed by atoms with Crippen LogP contribution in [0.3, 0.4) is 0 Å². The van der Waals surface area contributed by atoms with Crippen molar-refractivity contribution in [3.8, 4) is 0 Å². The van der Waals surface area contributed by atoms with Crippen molar-refractivity contribution in [3.63, 3.8) is 0 Å². The van der Waals surface area contributed by atoms with Gasteiger partial charge in [0, 0.05) is 11.1 Å². The maximum absolute atomic E-state index is 12.9. The van der Waals surface area contributed by atoms with Crippen LogP contribution >= 0.6 is 11.6 Å². The SMILES string of the molecule is CC(C)CC(C)CC(N)c1ccc(F)cc1Cl. The number of hydrogen-bond donors (Lipinski definition) is 1. The van der Waals surface area contributed by atoms with Crippen LogP contribution in [-0.2, 0) is 0 Å². The highest BCUT2D eigenvalue weighted by atomic mass is 35.5. The Bertz CT molecular complexity index is 365. The fourth-order valence-corrected chi connectivity index (χ4v) is 2.57. The summed E-state index contributed by atoms with van der Waals surface area (Å²) in [6.45, 7) is 6.59. The van der Waals surface area contributed by atoms with E-state index in [1.807, 2.05) is 0 Å². The molecule has 1 aromatic rings. The van der Waals surface area contributed by atoms with Gasteiger partial charge < -0.3 is 5.73 Å². The second kappa shape index (κ2) is 6.36. The molecule has 2 N–H and O–H groups in total. The molecule has 0 bridgehead atoms. The second-order valence-electron chi connectivity index (χ2n) is 5.24. The molecular formula is C14H21ClFN. The van der Waals surface area contributed by atoms with Crippen LogP contribution in [0.1, 0.15) is 45.2 Å². The zero-order valence-corrected chi connectivity index (χ0v) is 11.5. The largest absolute Gasteiger partial charge is 0.324 e. The van der Waals surface area contributed by atoms with E-state index in [1.54, 1.807) is 6.07 Å². The summed E-state index contributed by atoms with van der Waals surface area (Å²) in [7, 11) is 0. The van der Waals surface area contributed by atoms with Gasteiger partial charge in [-0.05, 0) is 42.4 Å². The summed E-state index contributed by atoms with van der Waals surface area (Å²) in [4.78, 5) is 0. The van der Waals surface area contributed by atoms with E-state index in [-0.39, 0.29) is 11.9 Å². The topological polar surface area (TPSA) is 26.0 Å². The molecule has 2 atom stereocenters. The molecule has 0 saturated carbocycles. The lowest BCUT2D eigenvalue weighted by Crippen LogP contribution is -2.15. The molecular weight excluding hydrogens is 237 g/mol. The van der Waals surface area contributed by atoms with Gasteiger partial charge in [-0.2, -0.15) is 0 Å². The van der Waals surface area contributed by atoms with E-state index in [4.69, 9.17) is 17.3 Å². The normalized spacial score (nSPS) is 15.0. The molecule has 1 aromatic carbocycles. The maximum Gasteiger partial charge on any atom is 0.124 e. The number of rotatable bonds is 5. The summed E-state index contributed by atoms with van der Waals surface area (Å²) in [6.07, 6.45) is 2.02. The summed E-state index contributed by atoms with van der Waals surface area (Å²) in [5.74, 6) is 0.896. The Hall–Kier alpha value is -0.600. The highest BCUT2D eigenvalue weighted by Gasteiger charge is 2.15. The minimum absolute atomic E-state index is 0.114. The second-order valence-corrected chi connectivity index (χ2v) is 5.65. The molecule has 1 rings (SSSR count). The first-order chi connectivity index (χ1) is 7.90. The highest BCUT2D eigenvalue weighted by molar-refractivity contribution is 6.31. The van der Waals surface area contributed by atoms with Crippen molar-refractivity contribution >= 4 is 11.6 Å². The molecule has 1 nitrogen and oxygen atoms in total. The zero-order chi connectivity index (χ0) is 13.0. The van der Waals surface area contributed by atoms with E-state index in [0.29, 0.717) is 16.9 Å². The van der Waals surface area contributed by atoms with Crippen LogP contribution in [0.15, 0.2) is 18.2 Å². The zero-order valence-electron chi connectivity index (χ0n) is 10.7. The first kappa shape index (κ1) is 14.5. The average Bonchev–Trinajstić information content (AvgIpc) is 2.15. The molecule has 0 aliphatic heterocycles. The monoisotopic (exact) mass is 257 g/mol. The maximum atomic E-state index is 12.9. The van der Waals surface area contributed by atoms with E-state index in [1.165, 1.54) is 12.1 Å². The van der Waals surface area contributed by atoms with Gasteiger partial charge in [-0.25, -0.2) is 4.39 Å². The first-order valence-corrected chi connectivity index (χ1v) is 6.48. The standard InChI is InChI=1S/C14H21ClFN/c1-9(2)6-10(3)7-14(17)12-5-4-11(16)8-13(12)15/h4-5,8-10,14H,6-7,17H2,1-3H3. The molecule has 0 saturated heterocycles. The van der Waals surface area contributed by atoms with Crippen molar-refractivity contribution in [1.29, 1.82) is 0 Å². The Morgan fingerprint density at radius 2 is 1.88 bits per heavy atom. The van der Waals surface area contributed by atoms with Gasteiger partial charge >= 0.3 is 0 Å². The van der Waals surface area contributed by atoms with Gasteiger partial charge in [0.25, 0.3) is 0 Å². The quantitative estimate of drug-likeness (QED) is 0.823. The lowest BCUT2D eigenvalue weighted by Gasteiger charge is -2.20. The van der Waals surface area contributed by atoms with Gasteiger partial charge in [-0.1, -0.05) is 38.4 Å². The van der Waals surface area contributed by atoms with Gasteiger partial charge in [0.1, 0.15) is 5.82 Å². The summed E-state index contributed by atoms with van der Waals surface area (Å²) in [6, 6.07) is 4.31. The van der Waals surface area contributed by atoms with Gasteiger partial charge in [0.15, 0.2) is 0 Å². The minimum atomic E-state index is -0.318. The Kier molecular flexibility index (Phi) is 5.41. The molecule has 96 valence electrons. The fourth-order valence-electron chi connectivity index (χ4n) is 2.26. The van der Waals surface area contributed by atoms with Gasteiger partial charge in [0.2, 0.25) is 0 Å². The number of benzene rings is 1. The molecule has 2 unspecified atom stereocenters. The van der Waals surface area contributed by atoms with E-state index in [0.717, 1.165) is 18.4 Å². The van der Waals surface area contributed by atoms with Crippen LogP contribution < -0.4 is 5.73 Å². The van der Waals surface area contributed by atoms with Crippen molar-refractivity contribution in [2.75, 3.05) is 0 Å². The van der Waals surface area contributed by atoms with E-state index in [2.05, 4.69) is 20.8 Å². The molecule has 0 heterocycles. The third kappa shape index (κ3) is 4.64. The fraction of sp³-hybridized carbons (Fsp3) is 0.571. The predicted molar refractivity (Wildman–Crippen MR) is 71.6 cm³/mol. The first-order valence-electron chi connectivity index (χ1n) is 6.10. The summed E-state index contributed by atoms with van der Waals surface area (Å²) >= 11 is 5.99. The van der Waals surface area contributed by atoms with Crippen LogP contribution in [0, 0.1) is 17.7 Å². The third-order valence-electron chi connectivity index (χ3n) is 2.89. The average molecular weight is 258 g/mol. The smallest absolute Gasteiger partial charge is 0.124 e. The van der Waals surface area contributed by atoms with Crippen LogP contribution in [0.25, 0.3) is 0 Å². The van der Waals surface area contributed by atoms with Gasteiger partial charge in [0.05, 0.1) is 0 Å². The predicted octanol–water partition coefficient (Wildman–Crippen LogP) is 4.55. The third-order valence-corrected chi connectivity index (χ3v) is 3.22. The Labute approximate surface area is 108 Å². The Morgan fingerprint density at radius 1 is 1.24 bits per heavy atom. The lowest BCUT2D eigenvalue weighted by atomic mass is 9.90. The Morgan fingerprint density at radius 3 is 2.41 bits per heavy atom. The molecule has 0 aliphatic rings. The Balaban J connectivity index is 2.66. The van der Waals surface area contributed by atoms with E-state index < -0.39 is 0 Å². The number of halogens is 2. The van der Waals surface area contributed by atoms with Gasteiger partial charge in [-0.15, -0.1) is 0 Å². The van der Waals surface area contributed by atoms with Crippen LogP contribution in [0.4, 0.5) is 4.39 Å². The molecule has 0 aliphatic carbocycles. The van der Waals surface area contributed by atoms with Crippen molar-refractivity contribution in [1.82, 2.24) is 0 Å². The molecule has 0 amide bonds. The van der Waals surface area contributed by atoms with Crippen molar-refractivity contribution < 1.29 is 4.39 Å². The summed E-state index contributed by atoms with van der Waals surface area (Å²) < 4.78 is 12.9. The molecule has 0 radical (unpaired) electrons. The molecule has 0 fully saturated rings. The van der Waals surface area contributed by atoms with Crippen LogP contribution in [0.2, 0.25) is 5.02 Å². The number of hydrogen-bond acceptors (Lipinski definition) is 1. The highest BCUT2D eigenvalue weighted by Crippen LogP contribution is 2.28. The van der Waals surface area contributed by atoms with Crippen LogP contribution in [-0.4, -0.2) is 0 Å². The molecule has 0 aromatic heterocycles. The van der Waals surface area contributed by atoms with Crippen molar-refractivity contribution in [3.05, 3.63) is 34.6 Å². The van der Waals surface area contributed by atoms with Crippen molar-refractivity contribution in [2.24, 2.45) is 17.6 Å². The molecule has 3 heteroatoms. The minimum Gasteiger partial charge on any atom is -0.324 e.